The number of aryl methyl sites for hydroxylation is 1. The van der Waals surface area contributed by atoms with Crippen LogP contribution in [0.2, 0.25) is 0 Å². The van der Waals surface area contributed by atoms with Crippen molar-refractivity contribution in [3.8, 4) is 0 Å². The van der Waals surface area contributed by atoms with Gasteiger partial charge in [-0.3, -0.25) is 0 Å². The van der Waals surface area contributed by atoms with E-state index in [-0.39, 0.29) is 17.1 Å². The number of unbranched alkanes of at least 4 members (excludes halogenated alkanes) is 2. The molecule has 0 saturated carbocycles. The Kier molecular flexibility index (Phi) is 19.5. The third-order valence-corrected chi connectivity index (χ3v) is 4.36. The molecule has 0 atom stereocenters. The molecular formula is C21H35FeP-6. The fraction of sp³-hybridized carbons (Fsp3) is 0.524. The molecule has 2 rings (SSSR count). The molecule has 0 spiro atoms. The fourth-order valence-electron chi connectivity index (χ4n) is 2.15. The summed E-state index contributed by atoms with van der Waals surface area (Å²) < 4.78 is 0. The van der Waals surface area contributed by atoms with Crippen LogP contribution in [0.15, 0.2) is 54.6 Å². The summed E-state index contributed by atoms with van der Waals surface area (Å²) in [6.45, 7) is 11.3. The second kappa shape index (κ2) is 18.0. The minimum absolute atomic E-state index is 0. The molecule has 138 valence electrons. The van der Waals surface area contributed by atoms with Crippen molar-refractivity contribution in [1.29, 1.82) is 0 Å². The summed E-state index contributed by atoms with van der Waals surface area (Å²) in [7, 11) is 1.15. The van der Waals surface area contributed by atoms with Crippen molar-refractivity contribution in [3.63, 3.8) is 0 Å². The van der Waals surface area contributed by atoms with Gasteiger partial charge in [0.15, 0.2) is 0 Å². The Hall–Kier alpha value is -0.351. The zero-order chi connectivity index (χ0) is 16.6. The molecule has 0 unspecified atom stereocenters. The summed E-state index contributed by atoms with van der Waals surface area (Å²) in [6, 6.07) is 18.6. The molecule has 0 bridgehead atoms. The Balaban J connectivity index is 0. The summed E-state index contributed by atoms with van der Waals surface area (Å²) >= 11 is 0. The van der Waals surface area contributed by atoms with E-state index >= 15 is 0 Å². The summed E-state index contributed by atoms with van der Waals surface area (Å²) in [4.78, 5) is 0. The van der Waals surface area contributed by atoms with Gasteiger partial charge in [0.25, 0.3) is 0 Å². The van der Waals surface area contributed by atoms with E-state index in [9.17, 15) is 0 Å². The van der Waals surface area contributed by atoms with E-state index in [2.05, 4.69) is 58.9 Å². The van der Waals surface area contributed by atoms with Crippen LogP contribution in [-0.2, 0) is 23.5 Å². The third-order valence-electron chi connectivity index (χ3n) is 3.02. The minimum atomic E-state index is 0. The molecule has 0 aliphatic rings. The van der Waals surface area contributed by atoms with Gasteiger partial charge in [0.2, 0.25) is 0 Å². The molecule has 2 aromatic carbocycles. The molecule has 2 aromatic rings. The quantitative estimate of drug-likeness (QED) is 0.220. The van der Waals surface area contributed by atoms with E-state index in [4.69, 9.17) is 0 Å². The van der Waals surface area contributed by atoms with Crippen LogP contribution in [0, 0.1) is 0 Å². The summed E-state index contributed by atoms with van der Waals surface area (Å²) in [6.07, 6.45) is 5.30. The molecule has 0 aliphatic carbocycles. The van der Waals surface area contributed by atoms with Crippen molar-refractivity contribution >= 4 is 8.58 Å². The summed E-state index contributed by atoms with van der Waals surface area (Å²) in [5, 5.41) is 0. The van der Waals surface area contributed by atoms with Gasteiger partial charge >= 0.3 is 0 Å². The minimum Gasteiger partial charge on any atom is -0.748 e. The van der Waals surface area contributed by atoms with Crippen LogP contribution in [0.4, 0.5) is 0 Å². The predicted molar refractivity (Wildman–Crippen MR) is 106 cm³/mol. The Morgan fingerprint density at radius 3 is 1.57 bits per heavy atom. The van der Waals surface area contributed by atoms with Gasteiger partial charge in [-0.15, -0.1) is 8.58 Å². The second-order valence-electron chi connectivity index (χ2n) is 6.19. The zero-order valence-electron chi connectivity index (χ0n) is 15.5. The topological polar surface area (TPSA) is 0 Å². The fourth-order valence-corrected chi connectivity index (χ4v) is 3.48. The average Bonchev–Trinajstić information content (AvgIpc) is 3.15. The molecule has 2 heteroatoms. The molecule has 0 nitrogen and oxygen atoms in total. The predicted octanol–water partition coefficient (Wildman–Crippen LogP) is 7.02. The Bertz CT molecular complexity index is 364. The van der Waals surface area contributed by atoms with Gasteiger partial charge in [0.05, 0.1) is 0 Å². The first-order valence-corrected chi connectivity index (χ1v) is 9.85. The van der Waals surface area contributed by atoms with Gasteiger partial charge in [-0.05, 0) is 11.3 Å². The smallest absolute Gasteiger partial charge is 0 e. The molecular weight excluding hydrogens is 339 g/mol. The van der Waals surface area contributed by atoms with Gasteiger partial charge < -0.3 is 30.3 Å². The van der Waals surface area contributed by atoms with Crippen molar-refractivity contribution in [2.24, 2.45) is 0 Å². The van der Waals surface area contributed by atoms with Gasteiger partial charge in [-0.25, -0.2) is 12.1 Å². The first-order valence-electron chi connectivity index (χ1n) is 8.69. The van der Waals surface area contributed by atoms with Crippen molar-refractivity contribution < 1.29 is 17.1 Å². The average molecular weight is 374 g/mol. The zero-order valence-corrected chi connectivity index (χ0v) is 17.6. The second-order valence-corrected chi connectivity index (χ2v) is 8.83. The molecule has 0 N–H and O–H groups in total. The van der Waals surface area contributed by atoms with Gasteiger partial charge in [-0.2, -0.15) is 17.7 Å². The van der Waals surface area contributed by atoms with Crippen LogP contribution in [0.5, 0.6) is 0 Å². The first-order chi connectivity index (χ1) is 10.6. The molecule has 0 aromatic heterocycles. The maximum absolute atomic E-state index is 2.28. The van der Waals surface area contributed by atoms with Crippen molar-refractivity contribution in [2.75, 3.05) is 0 Å². The van der Waals surface area contributed by atoms with Crippen molar-refractivity contribution in [3.05, 3.63) is 60.2 Å². The van der Waals surface area contributed by atoms with Gasteiger partial charge in [0, 0.05) is 17.1 Å². The van der Waals surface area contributed by atoms with Gasteiger partial charge in [-0.1, -0.05) is 60.3 Å². The molecule has 0 fully saturated rings. The summed E-state index contributed by atoms with van der Waals surface area (Å²) in [5.74, 6) is 0. The molecule has 0 amide bonds. The van der Waals surface area contributed by atoms with Gasteiger partial charge in [0.1, 0.15) is 0 Å². The Morgan fingerprint density at radius 1 is 0.826 bits per heavy atom. The van der Waals surface area contributed by atoms with Crippen LogP contribution < -0.4 is 0 Å². The number of hydrogen-bond donors (Lipinski definition) is 0. The molecule has 23 heavy (non-hydrogen) atoms. The van der Waals surface area contributed by atoms with Crippen LogP contribution >= 0.6 is 8.58 Å². The van der Waals surface area contributed by atoms with E-state index in [1.54, 1.807) is 0 Å². The summed E-state index contributed by atoms with van der Waals surface area (Å²) in [5.41, 5.74) is 3.30. The third kappa shape index (κ3) is 19.6. The van der Waals surface area contributed by atoms with Crippen LogP contribution in [-0.4, -0.2) is 11.3 Å². The Morgan fingerprint density at radius 2 is 1.26 bits per heavy atom. The van der Waals surface area contributed by atoms with E-state index in [0.29, 0.717) is 0 Å². The number of hydrogen-bond acceptors (Lipinski definition) is 0. The maximum Gasteiger partial charge on any atom is 0 e. The Labute approximate surface area is 157 Å². The largest absolute Gasteiger partial charge is 0.748 e. The number of rotatable bonds is 6. The standard InChI is InChI=1S/C10H15.C6H15P.C5H5.Fe/c1-2-3-4-7-10-8-5-6-9-10;1-5(2)7-6(3)4;1-2-4-5-3-1;/h5-6,8-9H,2-4,7H2,1H3;5-7H,1-4H3;1-5H;/q-1;;-5;. The van der Waals surface area contributed by atoms with Crippen molar-refractivity contribution in [2.45, 2.75) is 71.6 Å². The molecule has 0 saturated heterocycles. The maximum atomic E-state index is 2.28. The molecule has 0 aliphatic heterocycles. The van der Waals surface area contributed by atoms with Crippen LogP contribution in [0.1, 0.15) is 59.4 Å². The van der Waals surface area contributed by atoms with E-state index in [0.717, 1.165) is 19.9 Å². The van der Waals surface area contributed by atoms with Crippen LogP contribution in [0.25, 0.3) is 0 Å². The normalized spacial score (nSPS) is 9.52. The molecule has 0 heterocycles. The van der Waals surface area contributed by atoms with E-state index in [1.807, 2.05) is 30.3 Å². The SMILES string of the molecule is CC(C)PC(C)C.CCCCC[c-]1cccc1.[Fe].[cH-]1[cH-][cH-][cH-][cH-]1. The molecule has 0 radical (unpaired) electrons. The van der Waals surface area contributed by atoms with Crippen LogP contribution in [0.3, 0.4) is 0 Å². The van der Waals surface area contributed by atoms with E-state index < -0.39 is 0 Å². The first kappa shape index (κ1) is 24.9. The monoisotopic (exact) mass is 374 g/mol. The van der Waals surface area contributed by atoms with E-state index in [1.165, 1.54) is 31.2 Å². The van der Waals surface area contributed by atoms with Crippen molar-refractivity contribution in [1.82, 2.24) is 0 Å².